The van der Waals surface area contributed by atoms with Crippen molar-refractivity contribution < 1.29 is 5.11 Å². The van der Waals surface area contributed by atoms with Crippen molar-refractivity contribution in [3.8, 4) is 0 Å². The molecule has 0 aromatic rings. The molecule has 0 aromatic heterocycles. The zero-order valence-electron chi connectivity index (χ0n) is 7.51. The van der Waals surface area contributed by atoms with Crippen molar-refractivity contribution in [1.29, 1.82) is 0 Å². The van der Waals surface area contributed by atoms with E-state index in [9.17, 15) is 5.11 Å². The van der Waals surface area contributed by atoms with Gasteiger partial charge in [-0.1, -0.05) is 0 Å². The van der Waals surface area contributed by atoms with Crippen LogP contribution in [0.2, 0.25) is 0 Å². The first-order chi connectivity index (χ1) is 5.08. The highest BCUT2D eigenvalue weighted by Crippen LogP contribution is 2.11. The normalized spacial score (nSPS) is 22.1. The third kappa shape index (κ3) is 3.73. The number of aliphatic hydroxyl groups is 1. The highest BCUT2D eigenvalue weighted by Gasteiger charge is 2.19. The fourth-order valence-corrected chi connectivity index (χ4v) is 1.51. The molecule has 1 fully saturated rings. The molecule has 0 unspecified atom stereocenters. The minimum atomic E-state index is -0.530. The van der Waals surface area contributed by atoms with Gasteiger partial charge in [0.2, 0.25) is 0 Å². The van der Waals surface area contributed by atoms with E-state index in [-0.39, 0.29) is 0 Å². The van der Waals surface area contributed by atoms with Crippen LogP contribution < -0.4 is 0 Å². The fourth-order valence-electron chi connectivity index (χ4n) is 1.51. The van der Waals surface area contributed by atoms with Crippen molar-refractivity contribution in [2.75, 3.05) is 19.6 Å². The molecular formula is C9H18NO. The van der Waals surface area contributed by atoms with Gasteiger partial charge < -0.3 is 10.0 Å². The van der Waals surface area contributed by atoms with Gasteiger partial charge in [-0.3, -0.25) is 0 Å². The summed E-state index contributed by atoms with van der Waals surface area (Å²) in [6, 6.07) is 0. The quantitative estimate of drug-likeness (QED) is 0.646. The number of nitrogens with zero attached hydrogens (tertiary/aromatic N) is 1. The Bertz CT molecular complexity index is 111. The van der Waals surface area contributed by atoms with Gasteiger partial charge in [0, 0.05) is 6.54 Å². The predicted molar refractivity (Wildman–Crippen MR) is 46.3 cm³/mol. The van der Waals surface area contributed by atoms with Gasteiger partial charge in [-0.2, -0.15) is 0 Å². The summed E-state index contributed by atoms with van der Waals surface area (Å²) in [6.07, 6.45) is 4.67. The molecule has 1 heterocycles. The van der Waals surface area contributed by atoms with E-state index in [2.05, 4.69) is 11.3 Å². The zero-order chi connectivity index (χ0) is 8.32. The molecule has 2 nitrogen and oxygen atoms in total. The predicted octanol–water partition coefficient (Wildman–Crippen LogP) is 1.06. The molecule has 1 rings (SSSR count). The van der Waals surface area contributed by atoms with E-state index in [1.807, 2.05) is 13.8 Å². The van der Waals surface area contributed by atoms with Crippen molar-refractivity contribution in [2.24, 2.45) is 0 Å². The van der Waals surface area contributed by atoms with Crippen molar-refractivity contribution in [3.63, 3.8) is 0 Å². The molecule has 1 radical (unpaired) electrons. The number of likely N-dealkylation sites (tertiary alicyclic amines) is 1. The largest absolute Gasteiger partial charge is 0.389 e. The first kappa shape index (κ1) is 9.01. The van der Waals surface area contributed by atoms with E-state index in [1.165, 1.54) is 12.8 Å². The highest BCUT2D eigenvalue weighted by molar-refractivity contribution is 4.80. The van der Waals surface area contributed by atoms with Crippen LogP contribution in [0.1, 0.15) is 26.7 Å². The molecule has 65 valence electrons. The number of piperidine rings is 1. The summed E-state index contributed by atoms with van der Waals surface area (Å²) in [4.78, 5) is 2.32. The van der Waals surface area contributed by atoms with E-state index in [0.717, 1.165) is 19.6 Å². The van der Waals surface area contributed by atoms with Gasteiger partial charge in [0.1, 0.15) is 0 Å². The first-order valence-corrected chi connectivity index (χ1v) is 4.34. The molecule has 1 aliphatic rings. The van der Waals surface area contributed by atoms with Crippen LogP contribution in [0.4, 0.5) is 0 Å². The van der Waals surface area contributed by atoms with Gasteiger partial charge in [0.25, 0.3) is 0 Å². The van der Waals surface area contributed by atoms with Crippen molar-refractivity contribution in [1.82, 2.24) is 4.90 Å². The van der Waals surface area contributed by atoms with Crippen LogP contribution in [0.3, 0.4) is 0 Å². The molecule has 2 heteroatoms. The van der Waals surface area contributed by atoms with Crippen molar-refractivity contribution >= 4 is 0 Å². The summed E-state index contributed by atoms with van der Waals surface area (Å²) in [6.45, 7) is 6.77. The van der Waals surface area contributed by atoms with Gasteiger partial charge in [0.05, 0.1) is 5.60 Å². The molecule has 0 bridgehead atoms. The smallest absolute Gasteiger partial charge is 0.0718 e. The molecule has 0 atom stereocenters. The summed E-state index contributed by atoms with van der Waals surface area (Å²) < 4.78 is 0. The number of hydrogen-bond donors (Lipinski definition) is 1. The molecule has 0 amide bonds. The second-order valence-electron chi connectivity index (χ2n) is 3.95. The van der Waals surface area contributed by atoms with Crippen LogP contribution in [0.5, 0.6) is 0 Å². The van der Waals surface area contributed by atoms with E-state index in [4.69, 9.17) is 0 Å². The molecule has 11 heavy (non-hydrogen) atoms. The van der Waals surface area contributed by atoms with Gasteiger partial charge in [-0.05, 0) is 46.2 Å². The Balaban J connectivity index is 2.24. The Kier molecular flexibility index (Phi) is 2.90. The summed E-state index contributed by atoms with van der Waals surface area (Å²) >= 11 is 0. The van der Waals surface area contributed by atoms with Gasteiger partial charge >= 0.3 is 0 Å². The van der Waals surface area contributed by atoms with E-state index >= 15 is 0 Å². The Hall–Kier alpha value is -0.0800. The topological polar surface area (TPSA) is 23.5 Å². The van der Waals surface area contributed by atoms with Crippen molar-refractivity contribution in [3.05, 3.63) is 6.42 Å². The second-order valence-corrected chi connectivity index (χ2v) is 3.95. The van der Waals surface area contributed by atoms with E-state index in [0.29, 0.717) is 0 Å². The van der Waals surface area contributed by atoms with Crippen LogP contribution in [0.15, 0.2) is 0 Å². The Labute approximate surface area is 69.2 Å². The lowest BCUT2D eigenvalue weighted by Crippen LogP contribution is -2.41. The van der Waals surface area contributed by atoms with E-state index < -0.39 is 5.60 Å². The van der Waals surface area contributed by atoms with Crippen LogP contribution in [0, 0.1) is 6.42 Å². The summed E-state index contributed by atoms with van der Waals surface area (Å²) in [5.41, 5.74) is -0.530. The monoisotopic (exact) mass is 156 g/mol. The van der Waals surface area contributed by atoms with Crippen LogP contribution in [-0.2, 0) is 0 Å². The molecule has 1 N–H and O–H groups in total. The maximum atomic E-state index is 9.52. The Morgan fingerprint density at radius 2 is 1.91 bits per heavy atom. The summed E-state index contributed by atoms with van der Waals surface area (Å²) in [7, 11) is 0. The first-order valence-electron chi connectivity index (χ1n) is 4.34. The lowest BCUT2D eigenvalue weighted by Gasteiger charge is -2.31. The zero-order valence-corrected chi connectivity index (χ0v) is 7.51. The molecule has 0 spiro atoms. The van der Waals surface area contributed by atoms with Crippen LogP contribution >= 0.6 is 0 Å². The molecule has 1 aliphatic heterocycles. The SMILES string of the molecule is CC(C)(O)CN1CC[CH]CC1. The molecule has 0 aromatic carbocycles. The standard InChI is InChI=1S/C9H18NO/c1-9(2,11)8-10-6-4-3-5-7-10/h3,11H,4-8H2,1-2H3. The minimum absolute atomic E-state index is 0.530. The maximum absolute atomic E-state index is 9.52. The Morgan fingerprint density at radius 1 is 1.36 bits per heavy atom. The molecular weight excluding hydrogens is 138 g/mol. The third-order valence-corrected chi connectivity index (χ3v) is 1.91. The molecule has 0 aliphatic carbocycles. The average Bonchev–Trinajstić information content (AvgIpc) is 1.85. The van der Waals surface area contributed by atoms with Gasteiger partial charge in [-0.15, -0.1) is 0 Å². The summed E-state index contributed by atoms with van der Waals surface area (Å²) in [5.74, 6) is 0. The molecule has 1 saturated heterocycles. The fraction of sp³-hybridized carbons (Fsp3) is 0.889. The lowest BCUT2D eigenvalue weighted by atomic mass is 10.1. The Morgan fingerprint density at radius 3 is 2.36 bits per heavy atom. The van der Waals surface area contributed by atoms with Crippen LogP contribution in [0.25, 0.3) is 0 Å². The van der Waals surface area contributed by atoms with E-state index in [1.54, 1.807) is 0 Å². The number of hydrogen-bond acceptors (Lipinski definition) is 2. The summed E-state index contributed by atoms with van der Waals surface area (Å²) in [5, 5.41) is 9.52. The minimum Gasteiger partial charge on any atom is -0.389 e. The second kappa shape index (κ2) is 3.55. The maximum Gasteiger partial charge on any atom is 0.0718 e. The van der Waals surface area contributed by atoms with Crippen molar-refractivity contribution in [2.45, 2.75) is 32.3 Å². The van der Waals surface area contributed by atoms with Gasteiger partial charge in [0.15, 0.2) is 0 Å². The molecule has 0 saturated carbocycles. The highest BCUT2D eigenvalue weighted by atomic mass is 16.3. The lowest BCUT2D eigenvalue weighted by molar-refractivity contribution is 0.0334. The van der Waals surface area contributed by atoms with Gasteiger partial charge in [-0.25, -0.2) is 0 Å². The number of β-amino-alcohol motifs (C(OH)–C–C–N with tert-alkyl or cyclic N) is 1. The van der Waals surface area contributed by atoms with Crippen LogP contribution in [-0.4, -0.2) is 35.2 Å². The third-order valence-electron chi connectivity index (χ3n) is 1.91. The average molecular weight is 156 g/mol. The number of rotatable bonds is 2.